The number of ether oxygens (including phenoxy) is 1. The van der Waals surface area contributed by atoms with E-state index >= 15 is 0 Å². The van der Waals surface area contributed by atoms with E-state index in [4.69, 9.17) is 9.72 Å². The summed E-state index contributed by atoms with van der Waals surface area (Å²) in [6.07, 6.45) is 4.89. The molecule has 1 amide bonds. The van der Waals surface area contributed by atoms with Crippen LogP contribution in [-0.4, -0.2) is 61.8 Å². The van der Waals surface area contributed by atoms with E-state index in [1.165, 1.54) is 0 Å². The van der Waals surface area contributed by atoms with Crippen LogP contribution in [0.5, 0.6) is 0 Å². The van der Waals surface area contributed by atoms with Gasteiger partial charge in [-0.05, 0) is 45.4 Å². The number of carbonyl (C=O) groups is 1. The minimum Gasteiger partial charge on any atom is -0.444 e. The lowest BCUT2D eigenvalue weighted by molar-refractivity contribution is 0.0159. The molecular formula is C28H29N7O2. The molecule has 3 aromatic heterocycles. The zero-order chi connectivity index (χ0) is 26.2. The molecule has 0 aliphatic carbocycles. The van der Waals surface area contributed by atoms with E-state index in [1.807, 2.05) is 56.7 Å². The average molecular weight is 496 g/mol. The Kier molecular flexibility index (Phi) is 6.25. The zero-order valence-electron chi connectivity index (χ0n) is 21.4. The van der Waals surface area contributed by atoms with E-state index < -0.39 is 5.60 Å². The average Bonchev–Trinajstić information content (AvgIpc) is 3.28. The van der Waals surface area contributed by atoms with Gasteiger partial charge in [0.1, 0.15) is 23.6 Å². The molecule has 1 atom stereocenters. The molecule has 9 nitrogen and oxygen atoms in total. The minimum absolute atomic E-state index is 0.0650. The molecule has 1 aliphatic rings. The van der Waals surface area contributed by atoms with Crippen molar-refractivity contribution in [2.45, 2.75) is 39.3 Å². The molecule has 4 aromatic rings. The molecule has 5 rings (SSSR count). The van der Waals surface area contributed by atoms with Crippen molar-refractivity contribution in [2.24, 2.45) is 0 Å². The third kappa shape index (κ3) is 4.83. The fourth-order valence-electron chi connectivity index (χ4n) is 4.66. The number of rotatable bonds is 3. The van der Waals surface area contributed by atoms with Crippen LogP contribution >= 0.6 is 0 Å². The largest absolute Gasteiger partial charge is 0.444 e. The lowest BCUT2D eigenvalue weighted by Crippen LogP contribution is -2.55. The highest BCUT2D eigenvalue weighted by atomic mass is 16.6. The van der Waals surface area contributed by atoms with Crippen LogP contribution in [0.4, 0.5) is 10.6 Å². The Balaban J connectivity index is 1.58. The second kappa shape index (κ2) is 9.54. The number of nitrogens with zero attached hydrogens (tertiary/aromatic N) is 7. The van der Waals surface area contributed by atoms with Crippen molar-refractivity contribution in [1.82, 2.24) is 24.4 Å². The summed E-state index contributed by atoms with van der Waals surface area (Å²) in [4.78, 5) is 30.6. The normalized spacial score (nSPS) is 16.0. The number of piperazine rings is 1. The van der Waals surface area contributed by atoms with Gasteiger partial charge in [0.2, 0.25) is 0 Å². The van der Waals surface area contributed by atoms with Crippen LogP contribution in [0.2, 0.25) is 0 Å². The number of pyridine rings is 1. The third-order valence-corrected chi connectivity index (χ3v) is 6.32. The Morgan fingerprint density at radius 1 is 1.11 bits per heavy atom. The van der Waals surface area contributed by atoms with Crippen LogP contribution in [0.1, 0.15) is 33.3 Å². The number of amides is 1. The lowest BCUT2D eigenvalue weighted by atomic mass is 10.1. The second-order valence-electron chi connectivity index (χ2n) is 10.2. The summed E-state index contributed by atoms with van der Waals surface area (Å²) in [7, 11) is 0. The van der Waals surface area contributed by atoms with Gasteiger partial charge in [-0.3, -0.25) is 4.57 Å². The van der Waals surface area contributed by atoms with Crippen LogP contribution in [0.3, 0.4) is 0 Å². The quantitative estimate of drug-likeness (QED) is 0.402. The van der Waals surface area contributed by atoms with Crippen molar-refractivity contribution in [3.8, 4) is 23.0 Å². The fourth-order valence-corrected chi connectivity index (χ4v) is 4.66. The van der Waals surface area contributed by atoms with Gasteiger partial charge in [0.25, 0.3) is 0 Å². The predicted molar refractivity (Wildman–Crippen MR) is 141 cm³/mol. The standard InChI is InChI=1S/C28H29N7O2/c1-19-16-33(12-13-34(19)27(36)37-28(2,3)4)25-24-22(21-8-6-5-7-9-21)17-35(26(24)32-18-31-25)23-14-20(15-29)10-11-30-23/h5-11,14,17-19H,12-13,16H2,1-4H3/t19-/m1/s1. The van der Waals surface area contributed by atoms with Crippen LogP contribution < -0.4 is 4.90 Å². The van der Waals surface area contributed by atoms with Crippen molar-refractivity contribution >= 4 is 22.9 Å². The number of anilines is 1. The highest BCUT2D eigenvalue weighted by Crippen LogP contribution is 2.37. The maximum Gasteiger partial charge on any atom is 0.410 e. The molecule has 1 fully saturated rings. The van der Waals surface area contributed by atoms with Gasteiger partial charge in [-0.15, -0.1) is 0 Å². The van der Waals surface area contributed by atoms with Gasteiger partial charge in [-0.1, -0.05) is 30.3 Å². The molecule has 37 heavy (non-hydrogen) atoms. The summed E-state index contributed by atoms with van der Waals surface area (Å²) < 4.78 is 7.52. The van der Waals surface area contributed by atoms with Gasteiger partial charge in [0, 0.05) is 43.6 Å². The number of nitriles is 1. The van der Waals surface area contributed by atoms with E-state index in [9.17, 15) is 10.1 Å². The SMILES string of the molecule is C[C@@H]1CN(c2ncnc3c2c(-c2ccccc2)cn3-c2cc(C#N)ccn2)CCN1C(=O)OC(C)(C)C. The molecular weight excluding hydrogens is 466 g/mol. The van der Waals surface area contributed by atoms with Gasteiger partial charge >= 0.3 is 6.09 Å². The van der Waals surface area contributed by atoms with E-state index in [1.54, 1.807) is 29.6 Å². The molecule has 1 aliphatic heterocycles. The van der Waals surface area contributed by atoms with Crippen molar-refractivity contribution in [1.29, 1.82) is 5.26 Å². The van der Waals surface area contributed by atoms with Crippen LogP contribution in [-0.2, 0) is 4.74 Å². The number of carbonyl (C=O) groups excluding carboxylic acids is 1. The summed E-state index contributed by atoms with van der Waals surface area (Å²) in [6, 6.07) is 15.6. The van der Waals surface area contributed by atoms with Gasteiger partial charge < -0.3 is 14.5 Å². The Hall–Kier alpha value is -4.45. The second-order valence-corrected chi connectivity index (χ2v) is 10.2. The molecule has 1 saturated heterocycles. The maximum atomic E-state index is 12.8. The molecule has 1 aromatic carbocycles. The minimum atomic E-state index is -0.545. The zero-order valence-corrected chi connectivity index (χ0v) is 21.4. The van der Waals surface area contributed by atoms with Crippen LogP contribution in [0.25, 0.3) is 28.0 Å². The first-order chi connectivity index (χ1) is 17.7. The molecule has 188 valence electrons. The van der Waals surface area contributed by atoms with E-state index in [2.05, 4.69) is 33.1 Å². The molecule has 9 heteroatoms. The molecule has 0 radical (unpaired) electrons. The Morgan fingerprint density at radius 2 is 1.89 bits per heavy atom. The number of benzene rings is 1. The first kappa shape index (κ1) is 24.3. The van der Waals surface area contributed by atoms with Crippen molar-refractivity contribution in [3.63, 3.8) is 0 Å². The Bertz CT molecular complexity index is 1480. The summed E-state index contributed by atoms with van der Waals surface area (Å²) in [6.45, 7) is 9.38. The molecule has 0 saturated carbocycles. The Labute approximate surface area is 216 Å². The predicted octanol–water partition coefficient (Wildman–Crippen LogP) is 4.80. The lowest BCUT2D eigenvalue weighted by Gasteiger charge is -2.40. The van der Waals surface area contributed by atoms with Gasteiger partial charge in [-0.2, -0.15) is 5.26 Å². The highest BCUT2D eigenvalue weighted by molar-refractivity contribution is 6.02. The molecule has 0 N–H and O–H groups in total. The van der Waals surface area contributed by atoms with Gasteiger partial charge in [0.15, 0.2) is 5.65 Å². The molecule has 0 bridgehead atoms. The van der Waals surface area contributed by atoms with Crippen LogP contribution in [0.15, 0.2) is 61.2 Å². The Morgan fingerprint density at radius 3 is 2.59 bits per heavy atom. The summed E-state index contributed by atoms with van der Waals surface area (Å²) >= 11 is 0. The summed E-state index contributed by atoms with van der Waals surface area (Å²) in [5, 5.41) is 10.3. The monoisotopic (exact) mass is 495 g/mol. The number of hydrogen-bond acceptors (Lipinski definition) is 7. The first-order valence-corrected chi connectivity index (χ1v) is 12.3. The topological polar surface area (TPSA) is 100 Å². The van der Waals surface area contributed by atoms with Crippen molar-refractivity contribution in [3.05, 3.63) is 66.7 Å². The van der Waals surface area contributed by atoms with Gasteiger partial charge in [-0.25, -0.2) is 19.7 Å². The fraction of sp³-hybridized carbons (Fsp3) is 0.321. The van der Waals surface area contributed by atoms with E-state index in [0.29, 0.717) is 36.7 Å². The summed E-state index contributed by atoms with van der Waals surface area (Å²) in [5.74, 6) is 1.41. The van der Waals surface area contributed by atoms with Crippen molar-refractivity contribution in [2.75, 3.05) is 24.5 Å². The van der Waals surface area contributed by atoms with Gasteiger partial charge in [0.05, 0.1) is 17.0 Å². The number of aromatic nitrogens is 4. The molecule has 0 spiro atoms. The first-order valence-electron chi connectivity index (χ1n) is 12.3. The smallest absolute Gasteiger partial charge is 0.410 e. The number of fused-ring (bicyclic) bond motifs is 1. The highest BCUT2D eigenvalue weighted by Gasteiger charge is 2.32. The molecule has 4 heterocycles. The number of hydrogen-bond donors (Lipinski definition) is 0. The van der Waals surface area contributed by atoms with Crippen LogP contribution in [0, 0.1) is 11.3 Å². The van der Waals surface area contributed by atoms with E-state index in [0.717, 1.165) is 22.3 Å². The van der Waals surface area contributed by atoms with Crippen molar-refractivity contribution < 1.29 is 9.53 Å². The maximum absolute atomic E-state index is 12.8. The summed E-state index contributed by atoms with van der Waals surface area (Å²) in [5.41, 5.74) is 2.68. The molecule has 0 unspecified atom stereocenters. The third-order valence-electron chi connectivity index (χ3n) is 6.32. The van der Waals surface area contributed by atoms with E-state index in [-0.39, 0.29) is 12.1 Å².